The Balaban J connectivity index is 1.58. The first kappa shape index (κ1) is 27.2. The Kier molecular flexibility index (Phi) is 8.62. The van der Waals surface area contributed by atoms with Gasteiger partial charge in [-0.15, -0.1) is 0 Å². The topological polar surface area (TPSA) is 68.2 Å². The maximum atomic E-state index is 12.6. The van der Waals surface area contributed by atoms with E-state index in [0.717, 1.165) is 15.9 Å². The van der Waals surface area contributed by atoms with Crippen molar-refractivity contribution < 1.29 is 23.9 Å². The van der Waals surface area contributed by atoms with Gasteiger partial charge in [-0.05, 0) is 21.0 Å². The number of esters is 1. The van der Waals surface area contributed by atoms with Crippen molar-refractivity contribution in [2.75, 3.05) is 13.7 Å². The molecule has 1 saturated heterocycles. The summed E-state index contributed by atoms with van der Waals surface area (Å²) in [5.41, 5.74) is 1.01. The highest BCUT2D eigenvalue weighted by Crippen LogP contribution is 2.37. The second-order valence-electron chi connectivity index (χ2n) is 10.5. The zero-order chi connectivity index (χ0) is 26.5. The fourth-order valence-corrected chi connectivity index (χ4v) is 9.77. The number of methoxy groups -OCH3 is 1. The third kappa shape index (κ3) is 5.86. The molecular weight excluding hydrogens is 482 g/mol. The molecule has 0 bridgehead atoms. The summed E-state index contributed by atoms with van der Waals surface area (Å²) in [6, 6.07) is 29.8. The molecule has 37 heavy (non-hydrogen) atoms. The highest BCUT2D eigenvalue weighted by molar-refractivity contribution is 6.99. The van der Waals surface area contributed by atoms with Crippen molar-refractivity contribution in [3.63, 3.8) is 0 Å². The number of nitrogens with zero attached hydrogens (tertiary/aromatic N) is 1. The van der Waals surface area contributed by atoms with Gasteiger partial charge in [-0.1, -0.05) is 112 Å². The van der Waals surface area contributed by atoms with Crippen LogP contribution in [0.4, 0.5) is 0 Å². The molecular formula is C30H37NO5Si. The first-order valence-electron chi connectivity index (χ1n) is 12.7. The predicted octanol–water partition coefficient (Wildman–Crippen LogP) is 3.67. The van der Waals surface area contributed by atoms with Gasteiger partial charge >= 0.3 is 5.97 Å². The van der Waals surface area contributed by atoms with Crippen molar-refractivity contribution >= 4 is 24.7 Å². The molecule has 1 aliphatic rings. The maximum absolute atomic E-state index is 12.6. The second-order valence-corrected chi connectivity index (χ2v) is 14.8. The molecule has 1 aliphatic heterocycles. The van der Waals surface area contributed by atoms with E-state index in [1.807, 2.05) is 66.7 Å². The number of ether oxygens (including phenoxy) is 1. The number of carbonyl (C=O) groups is 1. The van der Waals surface area contributed by atoms with E-state index in [2.05, 4.69) is 45.0 Å². The molecule has 0 radical (unpaired) electrons. The maximum Gasteiger partial charge on any atom is 0.325 e. The number of hydroxylamine groups is 2. The number of hydrogen-bond donors (Lipinski definition) is 1. The van der Waals surface area contributed by atoms with Crippen LogP contribution in [0.5, 0.6) is 0 Å². The Morgan fingerprint density at radius 1 is 0.973 bits per heavy atom. The first-order valence-corrected chi connectivity index (χ1v) is 14.7. The van der Waals surface area contributed by atoms with Gasteiger partial charge in [0, 0.05) is 6.42 Å². The van der Waals surface area contributed by atoms with E-state index in [9.17, 15) is 9.90 Å². The number of hydrogen-bond acceptors (Lipinski definition) is 6. The molecule has 196 valence electrons. The number of carbonyl (C=O) groups excluding carboxylic acids is 1. The lowest BCUT2D eigenvalue weighted by Gasteiger charge is -2.43. The molecule has 0 aliphatic carbocycles. The van der Waals surface area contributed by atoms with Crippen molar-refractivity contribution in [3.05, 3.63) is 96.6 Å². The summed E-state index contributed by atoms with van der Waals surface area (Å²) >= 11 is 0. The average Bonchev–Trinajstić information content (AvgIpc) is 3.33. The van der Waals surface area contributed by atoms with Crippen LogP contribution in [-0.4, -0.2) is 56.4 Å². The molecule has 0 aromatic heterocycles. The summed E-state index contributed by atoms with van der Waals surface area (Å²) in [5, 5.41) is 15.0. The third-order valence-electron chi connectivity index (χ3n) is 7.05. The number of aliphatic hydroxyl groups is 1. The largest absolute Gasteiger partial charge is 0.468 e. The van der Waals surface area contributed by atoms with E-state index in [1.165, 1.54) is 7.11 Å². The van der Waals surface area contributed by atoms with Gasteiger partial charge in [-0.2, -0.15) is 5.06 Å². The lowest BCUT2D eigenvalue weighted by atomic mass is 10.1. The van der Waals surface area contributed by atoms with Gasteiger partial charge in [-0.25, -0.2) is 0 Å². The Morgan fingerprint density at radius 3 is 1.97 bits per heavy atom. The highest BCUT2D eigenvalue weighted by Gasteiger charge is 2.51. The molecule has 7 heteroatoms. The molecule has 3 atom stereocenters. The molecule has 0 spiro atoms. The summed E-state index contributed by atoms with van der Waals surface area (Å²) in [4.78, 5) is 18.7. The van der Waals surface area contributed by atoms with E-state index in [1.54, 1.807) is 5.06 Å². The van der Waals surface area contributed by atoms with E-state index in [4.69, 9.17) is 14.0 Å². The van der Waals surface area contributed by atoms with Crippen molar-refractivity contribution in [2.24, 2.45) is 0 Å². The van der Waals surface area contributed by atoms with Gasteiger partial charge in [-0.3, -0.25) is 9.63 Å². The van der Waals surface area contributed by atoms with E-state index < -0.39 is 26.6 Å². The zero-order valence-electron chi connectivity index (χ0n) is 22.0. The summed E-state index contributed by atoms with van der Waals surface area (Å²) in [6.45, 7) is 7.11. The van der Waals surface area contributed by atoms with Crippen molar-refractivity contribution in [1.29, 1.82) is 0 Å². The lowest BCUT2D eigenvalue weighted by molar-refractivity contribution is -0.201. The molecule has 0 amide bonds. The molecule has 2 unspecified atom stereocenters. The minimum absolute atomic E-state index is 0.0883. The van der Waals surface area contributed by atoms with Crippen LogP contribution in [0.15, 0.2) is 91.0 Å². The molecule has 1 N–H and O–H groups in total. The van der Waals surface area contributed by atoms with Crippen LogP contribution in [0.25, 0.3) is 0 Å². The summed E-state index contributed by atoms with van der Waals surface area (Å²) < 4.78 is 11.9. The fraction of sp³-hybridized carbons (Fsp3) is 0.367. The summed E-state index contributed by atoms with van der Waals surface area (Å²) in [7, 11) is -1.43. The van der Waals surface area contributed by atoms with E-state index in [-0.39, 0.29) is 17.6 Å². The van der Waals surface area contributed by atoms with Crippen LogP contribution in [0, 0.1) is 0 Å². The normalized spacial score (nSPS) is 19.5. The zero-order valence-corrected chi connectivity index (χ0v) is 23.0. The van der Waals surface area contributed by atoms with Crippen LogP contribution in [-0.2, 0) is 25.3 Å². The summed E-state index contributed by atoms with van der Waals surface area (Å²) in [5.74, 6) is -0.376. The summed E-state index contributed by atoms with van der Waals surface area (Å²) in [6.07, 6.45) is -1.19. The highest BCUT2D eigenvalue weighted by atomic mass is 28.4. The van der Waals surface area contributed by atoms with Gasteiger partial charge in [0.1, 0.15) is 18.2 Å². The minimum Gasteiger partial charge on any atom is -0.468 e. The van der Waals surface area contributed by atoms with Crippen LogP contribution >= 0.6 is 0 Å². The third-order valence-corrected chi connectivity index (χ3v) is 12.0. The molecule has 1 fully saturated rings. The van der Waals surface area contributed by atoms with E-state index >= 15 is 0 Å². The van der Waals surface area contributed by atoms with E-state index in [0.29, 0.717) is 13.0 Å². The van der Waals surface area contributed by atoms with Gasteiger partial charge in [0.05, 0.1) is 20.3 Å². The van der Waals surface area contributed by atoms with Gasteiger partial charge in [0.2, 0.25) is 0 Å². The van der Waals surface area contributed by atoms with Crippen molar-refractivity contribution in [1.82, 2.24) is 5.06 Å². The molecule has 3 aromatic rings. The van der Waals surface area contributed by atoms with Crippen molar-refractivity contribution in [2.45, 2.75) is 57.0 Å². The molecule has 0 saturated carbocycles. The van der Waals surface area contributed by atoms with Crippen LogP contribution < -0.4 is 10.4 Å². The SMILES string of the molecule is COC(=O)C1CC([C@@H](O)CO[Si](c2ccccc2)(c2ccccc2)C(C)(C)C)ON1Cc1ccccc1. The molecule has 1 heterocycles. The number of benzene rings is 3. The minimum atomic E-state index is -2.81. The number of aliphatic hydroxyl groups excluding tert-OH is 1. The Morgan fingerprint density at radius 2 is 1.49 bits per heavy atom. The van der Waals surface area contributed by atoms with Crippen LogP contribution in [0.1, 0.15) is 32.8 Å². The van der Waals surface area contributed by atoms with Crippen LogP contribution in [0.3, 0.4) is 0 Å². The predicted molar refractivity (Wildman–Crippen MR) is 147 cm³/mol. The Bertz CT molecular complexity index is 1100. The van der Waals surface area contributed by atoms with Gasteiger partial charge in [0.15, 0.2) is 0 Å². The second kappa shape index (κ2) is 11.7. The number of rotatable bonds is 9. The smallest absolute Gasteiger partial charge is 0.325 e. The van der Waals surface area contributed by atoms with Gasteiger partial charge in [0.25, 0.3) is 8.32 Å². The van der Waals surface area contributed by atoms with Gasteiger partial charge < -0.3 is 14.3 Å². The fourth-order valence-electron chi connectivity index (χ4n) is 5.20. The quantitative estimate of drug-likeness (QED) is 0.344. The molecule has 6 nitrogen and oxygen atoms in total. The Hall–Kier alpha value is -2.81. The first-order chi connectivity index (χ1) is 17.8. The molecule has 4 rings (SSSR count). The molecule has 3 aromatic carbocycles. The van der Waals surface area contributed by atoms with Crippen molar-refractivity contribution in [3.8, 4) is 0 Å². The standard InChI is InChI=1S/C30H37NO5Si/c1-30(2,3)37(24-16-10-6-11-17-24,25-18-12-7-13-19-25)35-22-27(32)28-20-26(29(33)34-4)31(36-28)21-23-14-8-5-9-15-23/h5-19,26-28,32H,20-22H2,1-4H3/t26?,27-,28?/m0/s1. The van der Waals surface area contributed by atoms with Crippen LogP contribution in [0.2, 0.25) is 5.04 Å². The lowest BCUT2D eigenvalue weighted by Crippen LogP contribution is -2.67. The Labute approximate surface area is 220 Å². The average molecular weight is 520 g/mol. The monoisotopic (exact) mass is 519 g/mol.